The van der Waals surface area contributed by atoms with Crippen LogP contribution in [0.5, 0.6) is 17.2 Å². The highest BCUT2D eigenvalue weighted by molar-refractivity contribution is 7.89. The molecular formula is C19H22N2O6S. The Morgan fingerprint density at radius 1 is 1.18 bits per heavy atom. The molecule has 28 heavy (non-hydrogen) atoms. The summed E-state index contributed by atoms with van der Waals surface area (Å²) in [5, 5.41) is 2.66. The second-order valence-electron chi connectivity index (χ2n) is 6.24. The number of hydrogen-bond acceptors (Lipinski definition) is 6. The zero-order valence-corrected chi connectivity index (χ0v) is 16.7. The molecule has 0 radical (unpaired) electrons. The number of amides is 1. The molecule has 2 aromatic rings. The monoisotopic (exact) mass is 406 g/mol. The number of anilines is 1. The van der Waals surface area contributed by atoms with E-state index < -0.39 is 15.9 Å². The summed E-state index contributed by atoms with van der Waals surface area (Å²) < 4.78 is 42.4. The van der Waals surface area contributed by atoms with Crippen LogP contribution < -0.4 is 19.5 Å². The summed E-state index contributed by atoms with van der Waals surface area (Å²) in [4.78, 5) is 12.4. The molecule has 1 amide bonds. The Hall–Kier alpha value is -2.78. The molecule has 1 heterocycles. The Morgan fingerprint density at radius 3 is 2.64 bits per heavy atom. The fourth-order valence-corrected chi connectivity index (χ4v) is 3.95. The standard InChI is InChI=1S/C19H22N2O6S/c1-4-25-16-8-6-15(9-13(16)2)28(23,24)21(3)11-19(22)20-14-5-7-17-18(10-14)27-12-26-17/h5-10H,4,11-12H2,1-3H3,(H,20,22). The van der Waals surface area contributed by atoms with E-state index in [9.17, 15) is 13.2 Å². The van der Waals surface area contributed by atoms with Crippen molar-refractivity contribution < 1.29 is 27.4 Å². The molecule has 0 saturated heterocycles. The number of carbonyl (C=O) groups excluding carboxylic acids is 1. The van der Waals surface area contributed by atoms with Crippen molar-refractivity contribution in [3.63, 3.8) is 0 Å². The molecule has 0 aliphatic carbocycles. The quantitative estimate of drug-likeness (QED) is 0.759. The molecule has 0 bridgehead atoms. The van der Waals surface area contributed by atoms with Gasteiger partial charge in [0.2, 0.25) is 22.7 Å². The van der Waals surface area contributed by atoms with Crippen molar-refractivity contribution in [1.29, 1.82) is 0 Å². The Morgan fingerprint density at radius 2 is 1.93 bits per heavy atom. The van der Waals surface area contributed by atoms with Gasteiger partial charge in [-0.25, -0.2) is 8.42 Å². The Kier molecular flexibility index (Phi) is 5.76. The number of rotatable bonds is 7. The summed E-state index contributed by atoms with van der Waals surface area (Å²) in [5.74, 6) is 1.30. The van der Waals surface area contributed by atoms with E-state index in [4.69, 9.17) is 14.2 Å². The molecule has 1 aliphatic heterocycles. The second kappa shape index (κ2) is 8.07. The lowest BCUT2D eigenvalue weighted by atomic mass is 10.2. The third-order valence-corrected chi connectivity index (χ3v) is 5.98. The lowest BCUT2D eigenvalue weighted by Gasteiger charge is -2.18. The smallest absolute Gasteiger partial charge is 0.243 e. The van der Waals surface area contributed by atoms with E-state index in [2.05, 4.69) is 5.32 Å². The Balaban J connectivity index is 1.68. The van der Waals surface area contributed by atoms with Crippen molar-refractivity contribution in [3.8, 4) is 17.2 Å². The summed E-state index contributed by atoms with van der Waals surface area (Å²) in [7, 11) is -2.46. The number of likely N-dealkylation sites (N-methyl/N-ethyl adjacent to an activating group) is 1. The van der Waals surface area contributed by atoms with Gasteiger partial charge in [-0.3, -0.25) is 4.79 Å². The predicted molar refractivity (Wildman–Crippen MR) is 103 cm³/mol. The number of sulfonamides is 1. The van der Waals surface area contributed by atoms with E-state index in [1.54, 1.807) is 31.2 Å². The minimum Gasteiger partial charge on any atom is -0.494 e. The van der Waals surface area contributed by atoms with Crippen LogP contribution in [0.3, 0.4) is 0 Å². The van der Waals surface area contributed by atoms with Crippen LogP contribution in [0, 0.1) is 6.92 Å². The van der Waals surface area contributed by atoms with E-state index in [1.165, 1.54) is 19.2 Å². The zero-order valence-electron chi connectivity index (χ0n) is 15.9. The van der Waals surface area contributed by atoms with Gasteiger partial charge in [-0.05, 0) is 49.7 Å². The van der Waals surface area contributed by atoms with E-state index in [1.807, 2.05) is 6.92 Å². The lowest BCUT2D eigenvalue weighted by molar-refractivity contribution is -0.116. The van der Waals surface area contributed by atoms with E-state index in [-0.39, 0.29) is 18.2 Å². The van der Waals surface area contributed by atoms with Gasteiger partial charge < -0.3 is 19.5 Å². The molecule has 0 unspecified atom stereocenters. The van der Waals surface area contributed by atoms with Gasteiger partial charge in [-0.1, -0.05) is 0 Å². The molecular weight excluding hydrogens is 384 g/mol. The summed E-state index contributed by atoms with van der Waals surface area (Å²) in [6.45, 7) is 3.93. The number of carbonyl (C=O) groups is 1. The second-order valence-corrected chi connectivity index (χ2v) is 8.28. The molecule has 0 atom stereocenters. The number of nitrogens with zero attached hydrogens (tertiary/aromatic N) is 1. The fraction of sp³-hybridized carbons (Fsp3) is 0.316. The largest absolute Gasteiger partial charge is 0.494 e. The van der Waals surface area contributed by atoms with Gasteiger partial charge in [0.25, 0.3) is 0 Å². The number of fused-ring (bicyclic) bond motifs is 1. The first kappa shape index (κ1) is 20.0. The normalized spacial score (nSPS) is 12.9. The van der Waals surface area contributed by atoms with Crippen LogP contribution in [0.25, 0.3) is 0 Å². The first-order chi connectivity index (χ1) is 13.3. The molecule has 3 rings (SSSR count). The van der Waals surface area contributed by atoms with E-state index in [0.29, 0.717) is 35.1 Å². The molecule has 0 aromatic heterocycles. The van der Waals surface area contributed by atoms with Crippen molar-refractivity contribution in [2.45, 2.75) is 18.7 Å². The SMILES string of the molecule is CCOc1ccc(S(=O)(=O)N(C)CC(=O)Nc2ccc3c(c2)OCO3)cc1C. The minimum atomic E-state index is -3.82. The van der Waals surface area contributed by atoms with Crippen LogP contribution in [-0.2, 0) is 14.8 Å². The van der Waals surface area contributed by atoms with Crippen LogP contribution in [0.1, 0.15) is 12.5 Å². The van der Waals surface area contributed by atoms with Crippen LogP contribution in [0.4, 0.5) is 5.69 Å². The molecule has 0 fully saturated rings. The number of ether oxygens (including phenoxy) is 3. The minimum absolute atomic E-state index is 0.104. The van der Waals surface area contributed by atoms with Crippen molar-refractivity contribution in [2.24, 2.45) is 0 Å². The maximum atomic E-state index is 12.8. The lowest BCUT2D eigenvalue weighted by Crippen LogP contribution is -2.35. The van der Waals surface area contributed by atoms with E-state index in [0.717, 1.165) is 4.31 Å². The van der Waals surface area contributed by atoms with Gasteiger partial charge in [-0.2, -0.15) is 4.31 Å². The summed E-state index contributed by atoms with van der Waals surface area (Å²) >= 11 is 0. The number of benzene rings is 2. The molecule has 0 saturated carbocycles. The average Bonchev–Trinajstić information content (AvgIpc) is 3.11. The van der Waals surface area contributed by atoms with Gasteiger partial charge in [0.1, 0.15) is 5.75 Å². The van der Waals surface area contributed by atoms with Gasteiger partial charge in [-0.15, -0.1) is 0 Å². The average molecular weight is 406 g/mol. The highest BCUT2D eigenvalue weighted by Gasteiger charge is 2.24. The summed E-state index contributed by atoms with van der Waals surface area (Å²) in [6, 6.07) is 9.60. The highest BCUT2D eigenvalue weighted by atomic mass is 32.2. The third kappa shape index (κ3) is 4.20. The van der Waals surface area contributed by atoms with E-state index >= 15 is 0 Å². The zero-order chi connectivity index (χ0) is 20.3. The van der Waals surface area contributed by atoms with Crippen LogP contribution in [0.15, 0.2) is 41.3 Å². The maximum absolute atomic E-state index is 12.8. The summed E-state index contributed by atoms with van der Waals surface area (Å²) in [5.41, 5.74) is 1.21. The predicted octanol–water partition coefficient (Wildman–Crippen LogP) is 2.38. The molecule has 1 aliphatic rings. The van der Waals surface area contributed by atoms with Gasteiger partial charge in [0.15, 0.2) is 11.5 Å². The molecule has 2 aromatic carbocycles. The number of nitrogens with one attached hydrogen (secondary N) is 1. The van der Waals surface area contributed by atoms with Gasteiger partial charge >= 0.3 is 0 Å². The first-order valence-corrected chi connectivity index (χ1v) is 10.1. The topological polar surface area (TPSA) is 94.2 Å². The Labute approximate surface area is 164 Å². The Bertz CT molecular complexity index is 990. The molecule has 8 nitrogen and oxygen atoms in total. The molecule has 1 N–H and O–H groups in total. The van der Waals surface area contributed by atoms with Crippen LogP contribution >= 0.6 is 0 Å². The van der Waals surface area contributed by atoms with Crippen LogP contribution in [0.2, 0.25) is 0 Å². The van der Waals surface area contributed by atoms with Crippen molar-refractivity contribution >= 4 is 21.6 Å². The first-order valence-electron chi connectivity index (χ1n) is 8.70. The third-order valence-electron chi connectivity index (χ3n) is 4.18. The summed E-state index contributed by atoms with van der Waals surface area (Å²) in [6.07, 6.45) is 0. The van der Waals surface area contributed by atoms with Crippen molar-refractivity contribution in [3.05, 3.63) is 42.0 Å². The van der Waals surface area contributed by atoms with Crippen LogP contribution in [-0.4, -0.2) is 45.6 Å². The molecule has 0 spiro atoms. The highest BCUT2D eigenvalue weighted by Crippen LogP contribution is 2.34. The van der Waals surface area contributed by atoms with Crippen molar-refractivity contribution in [2.75, 3.05) is 32.3 Å². The van der Waals surface area contributed by atoms with Crippen molar-refractivity contribution in [1.82, 2.24) is 4.31 Å². The number of hydrogen-bond donors (Lipinski definition) is 1. The van der Waals surface area contributed by atoms with Gasteiger partial charge in [0, 0.05) is 18.8 Å². The number of aryl methyl sites for hydroxylation is 1. The fourth-order valence-electron chi connectivity index (χ4n) is 2.74. The molecule has 150 valence electrons. The van der Waals surface area contributed by atoms with Gasteiger partial charge in [0.05, 0.1) is 18.0 Å². The molecule has 9 heteroatoms. The maximum Gasteiger partial charge on any atom is 0.243 e.